The van der Waals surface area contributed by atoms with Gasteiger partial charge in [-0.2, -0.15) is 0 Å². The molecule has 0 bridgehead atoms. The number of aromatic nitrogens is 1. The van der Waals surface area contributed by atoms with Crippen LogP contribution in [0.2, 0.25) is 10.0 Å². The first-order valence-electron chi connectivity index (χ1n) is 4.99. The Balaban J connectivity index is 2.31. The van der Waals surface area contributed by atoms with Gasteiger partial charge < -0.3 is 9.84 Å². The minimum Gasteiger partial charge on any atom is -0.478 e. The molecule has 7 heteroatoms. The third-order valence-electron chi connectivity index (χ3n) is 2.16. The van der Waals surface area contributed by atoms with Gasteiger partial charge in [0.2, 0.25) is 5.88 Å². The van der Waals surface area contributed by atoms with Gasteiger partial charge in [-0.3, -0.25) is 0 Å². The molecule has 19 heavy (non-hydrogen) atoms. The first kappa shape index (κ1) is 14.1. The molecule has 1 heterocycles. The maximum Gasteiger partial charge on any atom is 0.335 e. The number of ether oxygens (including phenoxy) is 1. The Morgan fingerprint density at radius 1 is 1.26 bits per heavy atom. The molecule has 98 valence electrons. The maximum absolute atomic E-state index is 10.8. The van der Waals surface area contributed by atoms with Crippen LogP contribution in [0.1, 0.15) is 10.4 Å². The van der Waals surface area contributed by atoms with E-state index in [9.17, 15) is 4.79 Å². The number of carboxylic acids is 1. The average Bonchev–Trinajstić information content (AvgIpc) is 2.34. The van der Waals surface area contributed by atoms with Crippen LogP contribution in [-0.4, -0.2) is 16.1 Å². The fourth-order valence-corrected chi connectivity index (χ4v) is 2.19. The first-order chi connectivity index (χ1) is 8.97. The molecule has 1 aromatic heterocycles. The maximum atomic E-state index is 10.8. The quantitative estimate of drug-likeness (QED) is 0.863. The van der Waals surface area contributed by atoms with E-state index >= 15 is 0 Å². The van der Waals surface area contributed by atoms with Crippen LogP contribution in [0, 0.1) is 0 Å². The smallest absolute Gasteiger partial charge is 0.335 e. The first-order valence-corrected chi connectivity index (χ1v) is 6.54. The van der Waals surface area contributed by atoms with E-state index in [1.165, 1.54) is 24.4 Å². The van der Waals surface area contributed by atoms with Gasteiger partial charge in [-0.1, -0.05) is 23.2 Å². The third-order valence-corrected chi connectivity index (χ3v) is 3.16. The van der Waals surface area contributed by atoms with Crippen LogP contribution in [-0.2, 0) is 0 Å². The van der Waals surface area contributed by atoms with E-state index in [1.54, 1.807) is 6.07 Å². The largest absolute Gasteiger partial charge is 0.478 e. The van der Waals surface area contributed by atoms with Gasteiger partial charge >= 0.3 is 5.97 Å². The Morgan fingerprint density at radius 2 is 2.00 bits per heavy atom. The molecule has 0 atom stereocenters. The van der Waals surface area contributed by atoms with Gasteiger partial charge in [0.05, 0.1) is 10.6 Å². The van der Waals surface area contributed by atoms with Gasteiger partial charge in [0, 0.05) is 10.7 Å². The molecule has 0 saturated heterocycles. The third kappa shape index (κ3) is 3.37. The standard InChI is InChI=1S/C12H6BrCl2NO3/c13-7-4-9(15)11(16-5-7)19-10-2-1-6(12(17)18)3-8(10)14/h1-5H,(H,17,18). The summed E-state index contributed by atoms with van der Waals surface area (Å²) in [5, 5.41) is 9.31. The molecular formula is C12H6BrCl2NO3. The number of hydrogen-bond acceptors (Lipinski definition) is 3. The zero-order valence-electron chi connectivity index (χ0n) is 9.23. The van der Waals surface area contributed by atoms with Crippen LogP contribution in [0.25, 0.3) is 0 Å². The van der Waals surface area contributed by atoms with E-state index in [0.717, 1.165) is 4.47 Å². The highest BCUT2D eigenvalue weighted by Crippen LogP contribution is 2.33. The molecule has 0 unspecified atom stereocenters. The van der Waals surface area contributed by atoms with Gasteiger partial charge in [-0.05, 0) is 40.2 Å². The lowest BCUT2D eigenvalue weighted by atomic mass is 10.2. The van der Waals surface area contributed by atoms with Crippen molar-refractivity contribution in [1.82, 2.24) is 4.98 Å². The molecule has 2 aromatic rings. The molecule has 0 amide bonds. The lowest BCUT2D eigenvalue weighted by molar-refractivity contribution is 0.0697. The highest BCUT2D eigenvalue weighted by Gasteiger charge is 2.11. The number of carboxylic acid groups (broad SMARTS) is 1. The molecule has 0 fully saturated rings. The normalized spacial score (nSPS) is 10.3. The van der Waals surface area contributed by atoms with Crippen molar-refractivity contribution >= 4 is 45.1 Å². The summed E-state index contributed by atoms with van der Waals surface area (Å²) in [7, 11) is 0. The lowest BCUT2D eigenvalue weighted by Crippen LogP contribution is -1.96. The monoisotopic (exact) mass is 361 g/mol. The van der Waals surface area contributed by atoms with Gasteiger partial charge in [-0.25, -0.2) is 9.78 Å². The highest BCUT2D eigenvalue weighted by atomic mass is 79.9. The van der Waals surface area contributed by atoms with Crippen LogP contribution >= 0.6 is 39.1 Å². The summed E-state index contributed by atoms with van der Waals surface area (Å²) in [6.45, 7) is 0. The molecule has 4 nitrogen and oxygen atoms in total. The van der Waals surface area contributed by atoms with E-state index in [4.69, 9.17) is 33.0 Å². The fraction of sp³-hybridized carbons (Fsp3) is 0. The summed E-state index contributed by atoms with van der Waals surface area (Å²) in [5.74, 6) is -0.591. The molecular weight excluding hydrogens is 357 g/mol. The molecule has 0 aliphatic rings. The molecule has 0 radical (unpaired) electrons. The molecule has 0 aliphatic heterocycles. The van der Waals surface area contributed by atoms with Crippen LogP contribution in [0.4, 0.5) is 0 Å². The second-order valence-corrected chi connectivity index (χ2v) is 5.22. The Hall–Kier alpha value is -1.30. The summed E-state index contributed by atoms with van der Waals surface area (Å²) >= 11 is 15.1. The SMILES string of the molecule is O=C(O)c1ccc(Oc2ncc(Br)cc2Cl)c(Cl)c1. The van der Waals surface area contributed by atoms with Gasteiger partial charge in [0.25, 0.3) is 0 Å². The fourth-order valence-electron chi connectivity index (χ4n) is 1.30. The number of benzene rings is 1. The zero-order chi connectivity index (χ0) is 14.0. The second-order valence-electron chi connectivity index (χ2n) is 3.49. The minimum atomic E-state index is -1.06. The Bertz CT molecular complexity index is 649. The topological polar surface area (TPSA) is 59.4 Å². The Morgan fingerprint density at radius 3 is 2.58 bits per heavy atom. The number of aromatic carboxylic acids is 1. The molecule has 0 aliphatic carbocycles. The lowest BCUT2D eigenvalue weighted by Gasteiger charge is -2.08. The number of hydrogen-bond donors (Lipinski definition) is 1. The average molecular weight is 363 g/mol. The van der Waals surface area contributed by atoms with Crippen LogP contribution in [0.3, 0.4) is 0 Å². The summed E-state index contributed by atoms with van der Waals surface area (Å²) in [5.41, 5.74) is 0.0761. The molecule has 0 spiro atoms. The van der Waals surface area contributed by atoms with Crippen LogP contribution in [0.15, 0.2) is 34.9 Å². The predicted octanol–water partition coefficient (Wildman–Crippen LogP) is 4.64. The van der Waals surface area contributed by atoms with Crippen LogP contribution in [0.5, 0.6) is 11.6 Å². The van der Waals surface area contributed by atoms with E-state index in [-0.39, 0.29) is 22.2 Å². The Labute approximate surface area is 127 Å². The highest BCUT2D eigenvalue weighted by molar-refractivity contribution is 9.10. The number of nitrogens with zero attached hydrogens (tertiary/aromatic N) is 1. The van der Waals surface area contributed by atoms with Crippen molar-refractivity contribution in [2.24, 2.45) is 0 Å². The van der Waals surface area contributed by atoms with Crippen molar-refractivity contribution in [3.63, 3.8) is 0 Å². The van der Waals surface area contributed by atoms with Crippen molar-refractivity contribution in [3.05, 3.63) is 50.5 Å². The van der Waals surface area contributed by atoms with Crippen molar-refractivity contribution in [2.75, 3.05) is 0 Å². The molecule has 0 saturated carbocycles. The van der Waals surface area contributed by atoms with Crippen molar-refractivity contribution in [2.45, 2.75) is 0 Å². The summed E-state index contributed by atoms with van der Waals surface area (Å²) in [6, 6.07) is 5.76. The molecule has 2 rings (SSSR count). The number of carbonyl (C=O) groups is 1. The van der Waals surface area contributed by atoms with E-state index < -0.39 is 5.97 Å². The molecule has 1 aromatic carbocycles. The number of pyridine rings is 1. The minimum absolute atomic E-state index is 0.0761. The summed E-state index contributed by atoms with van der Waals surface area (Å²) < 4.78 is 6.16. The zero-order valence-corrected chi connectivity index (χ0v) is 12.3. The predicted molar refractivity (Wildman–Crippen MR) is 75.4 cm³/mol. The van der Waals surface area contributed by atoms with Gasteiger partial charge in [-0.15, -0.1) is 0 Å². The Kier molecular flexibility index (Phi) is 4.29. The summed E-state index contributed by atoms with van der Waals surface area (Å²) in [6.07, 6.45) is 1.53. The van der Waals surface area contributed by atoms with Crippen molar-refractivity contribution in [3.8, 4) is 11.6 Å². The van der Waals surface area contributed by atoms with Crippen molar-refractivity contribution in [1.29, 1.82) is 0 Å². The molecule has 1 N–H and O–H groups in total. The van der Waals surface area contributed by atoms with E-state index in [1.807, 2.05) is 0 Å². The second kappa shape index (κ2) is 5.77. The van der Waals surface area contributed by atoms with Gasteiger partial charge in [0.1, 0.15) is 10.8 Å². The van der Waals surface area contributed by atoms with Crippen molar-refractivity contribution < 1.29 is 14.6 Å². The number of rotatable bonds is 3. The summed E-state index contributed by atoms with van der Waals surface area (Å²) in [4.78, 5) is 14.8. The van der Waals surface area contributed by atoms with E-state index in [0.29, 0.717) is 5.02 Å². The van der Waals surface area contributed by atoms with E-state index in [2.05, 4.69) is 20.9 Å². The van der Waals surface area contributed by atoms with Gasteiger partial charge in [0.15, 0.2) is 0 Å². The number of halogens is 3. The van der Waals surface area contributed by atoms with Crippen LogP contribution < -0.4 is 4.74 Å².